The molecule has 0 radical (unpaired) electrons. The number of hydrogen-bond acceptors (Lipinski definition) is 4. The Labute approximate surface area is 147 Å². The van der Waals surface area contributed by atoms with Crippen LogP contribution in [0.2, 0.25) is 5.15 Å². The van der Waals surface area contributed by atoms with Crippen LogP contribution in [-0.4, -0.2) is 45.8 Å². The number of hydrogen-bond donors (Lipinski definition) is 0. The van der Waals surface area contributed by atoms with Crippen LogP contribution < -0.4 is 0 Å². The van der Waals surface area contributed by atoms with Crippen molar-refractivity contribution in [3.63, 3.8) is 0 Å². The highest BCUT2D eigenvalue weighted by molar-refractivity contribution is 7.10. The molecule has 0 saturated carbocycles. The smallest absolute Gasteiger partial charge is 0.131 e. The first-order valence-electron chi connectivity index (χ1n) is 8.20. The second kappa shape index (κ2) is 7.34. The highest BCUT2D eigenvalue weighted by Gasteiger charge is 2.19. The Kier molecular flexibility index (Phi) is 5.42. The monoisotopic (exact) mass is 352 g/mol. The van der Waals surface area contributed by atoms with Gasteiger partial charge in [-0.1, -0.05) is 11.6 Å². The van der Waals surface area contributed by atoms with Gasteiger partial charge in [-0.2, -0.15) is 5.10 Å². The second-order valence-corrected chi connectivity index (χ2v) is 7.77. The van der Waals surface area contributed by atoms with Crippen molar-refractivity contribution >= 4 is 22.9 Å². The van der Waals surface area contributed by atoms with Crippen LogP contribution in [0.15, 0.2) is 11.4 Å². The van der Waals surface area contributed by atoms with Crippen molar-refractivity contribution in [2.24, 2.45) is 7.05 Å². The van der Waals surface area contributed by atoms with Gasteiger partial charge in [-0.05, 0) is 50.4 Å². The summed E-state index contributed by atoms with van der Waals surface area (Å²) in [7, 11) is 1.91. The van der Waals surface area contributed by atoms with Crippen molar-refractivity contribution < 1.29 is 0 Å². The van der Waals surface area contributed by atoms with Gasteiger partial charge in [-0.25, -0.2) is 0 Å². The molecule has 2 aromatic heterocycles. The highest BCUT2D eigenvalue weighted by atomic mass is 35.5. The standard InChI is InChI=1S/C17H25ClN4S/c1-13-5-10-23-16(13)12-22-7-4-6-21(8-9-22)11-15-14(2)19-20(3)17(15)18/h5,10H,4,6-9,11-12H2,1-3H3. The van der Waals surface area contributed by atoms with E-state index in [4.69, 9.17) is 11.6 Å². The lowest BCUT2D eigenvalue weighted by Crippen LogP contribution is -2.30. The van der Waals surface area contributed by atoms with Gasteiger partial charge < -0.3 is 0 Å². The number of halogens is 1. The van der Waals surface area contributed by atoms with E-state index in [-0.39, 0.29) is 0 Å². The molecule has 0 bridgehead atoms. The van der Waals surface area contributed by atoms with Crippen LogP contribution in [0.1, 0.15) is 28.1 Å². The zero-order chi connectivity index (χ0) is 16.4. The summed E-state index contributed by atoms with van der Waals surface area (Å²) >= 11 is 8.26. The van der Waals surface area contributed by atoms with Crippen molar-refractivity contribution in [3.05, 3.63) is 38.3 Å². The molecular formula is C17H25ClN4S. The molecule has 0 spiro atoms. The molecule has 1 saturated heterocycles. The third-order valence-corrected chi connectivity index (χ3v) is 6.15. The van der Waals surface area contributed by atoms with E-state index in [9.17, 15) is 0 Å². The first-order chi connectivity index (χ1) is 11.0. The molecule has 4 nitrogen and oxygen atoms in total. The van der Waals surface area contributed by atoms with Gasteiger partial charge in [0.2, 0.25) is 0 Å². The molecule has 126 valence electrons. The van der Waals surface area contributed by atoms with E-state index < -0.39 is 0 Å². The largest absolute Gasteiger partial charge is 0.298 e. The minimum atomic E-state index is 0.776. The maximum absolute atomic E-state index is 6.38. The molecule has 3 rings (SSSR count). The Hall–Kier alpha value is -0.880. The minimum absolute atomic E-state index is 0.776. The molecule has 23 heavy (non-hydrogen) atoms. The van der Waals surface area contributed by atoms with E-state index in [2.05, 4.69) is 33.3 Å². The van der Waals surface area contributed by atoms with Crippen LogP contribution in [0.3, 0.4) is 0 Å². The molecule has 0 amide bonds. The zero-order valence-electron chi connectivity index (χ0n) is 14.2. The third-order valence-electron chi connectivity index (χ3n) is 4.67. The average Bonchev–Trinajstić information content (AvgIpc) is 2.91. The van der Waals surface area contributed by atoms with E-state index in [1.165, 1.54) is 29.0 Å². The molecular weight excluding hydrogens is 328 g/mol. The summed E-state index contributed by atoms with van der Waals surface area (Å²) in [6.45, 7) is 10.8. The van der Waals surface area contributed by atoms with Gasteiger partial charge in [0.25, 0.3) is 0 Å². The summed E-state index contributed by atoms with van der Waals surface area (Å²) in [6.07, 6.45) is 1.21. The van der Waals surface area contributed by atoms with Crippen molar-refractivity contribution in [2.45, 2.75) is 33.4 Å². The summed E-state index contributed by atoms with van der Waals surface area (Å²) in [5.41, 5.74) is 3.65. The minimum Gasteiger partial charge on any atom is -0.298 e. The van der Waals surface area contributed by atoms with E-state index in [0.29, 0.717) is 0 Å². The Bertz CT molecular complexity index is 664. The van der Waals surface area contributed by atoms with E-state index >= 15 is 0 Å². The average molecular weight is 353 g/mol. The van der Waals surface area contributed by atoms with Crippen LogP contribution in [-0.2, 0) is 20.1 Å². The van der Waals surface area contributed by atoms with Crippen LogP contribution in [0.4, 0.5) is 0 Å². The van der Waals surface area contributed by atoms with Gasteiger partial charge in [0, 0.05) is 43.7 Å². The van der Waals surface area contributed by atoms with Crippen LogP contribution in [0.25, 0.3) is 0 Å². The van der Waals surface area contributed by atoms with Crippen LogP contribution >= 0.6 is 22.9 Å². The Morgan fingerprint density at radius 2 is 1.83 bits per heavy atom. The Morgan fingerprint density at radius 1 is 1.13 bits per heavy atom. The molecule has 0 N–H and O–H groups in total. The van der Waals surface area contributed by atoms with Gasteiger partial charge in [-0.3, -0.25) is 14.5 Å². The molecule has 1 aliphatic heterocycles. The summed E-state index contributed by atoms with van der Waals surface area (Å²) in [6, 6.07) is 2.22. The van der Waals surface area contributed by atoms with Crippen LogP contribution in [0.5, 0.6) is 0 Å². The van der Waals surface area contributed by atoms with Gasteiger partial charge in [-0.15, -0.1) is 11.3 Å². The van der Waals surface area contributed by atoms with E-state index in [1.54, 1.807) is 4.68 Å². The first-order valence-corrected chi connectivity index (χ1v) is 9.46. The van der Waals surface area contributed by atoms with Gasteiger partial charge in [0.1, 0.15) is 5.15 Å². The molecule has 2 aromatic rings. The zero-order valence-corrected chi connectivity index (χ0v) is 15.8. The molecule has 0 atom stereocenters. The van der Waals surface area contributed by atoms with Crippen molar-refractivity contribution in [3.8, 4) is 0 Å². The lowest BCUT2D eigenvalue weighted by molar-refractivity contribution is 0.248. The molecule has 6 heteroatoms. The summed E-state index contributed by atoms with van der Waals surface area (Å²) in [4.78, 5) is 6.60. The quantitative estimate of drug-likeness (QED) is 0.842. The van der Waals surface area contributed by atoms with Crippen molar-refractivity contribution in [1.82, 2.24) is 19.6 Å². The number of aromatic nitrogens is 2. The first kappa shape index (κ1) is 17.0. The third kappa shape index (κ3) is 3.97. The summed E-state index contributed by atoms with van der Waals surface area (Å²) in [5.74, 6) is 0. The van der Waals surface area contributed by atoms with E-state index in [1.807, 2.05) is 25.3 Å². The maximum Gasteiger partial charge on any atom is 0.131 e. The predicted octanol–water partition coefficient (Wildman–Crippen LogP) is 3.46. The maximum atomic E-state index is 6.38. The topological polar surface area (TPSA) is 24.3 Å². The van der Waals surface area contributed by atoms with Crippen molar-refractivity contribution in [1.29, 1.82) is 0 Å². The van der Waals surface area contributed by atoms with Crippen LogP contribution in [0, 0.1) is 13.8 Å². The lowest BCUT2D eigenvalue weighted by atomic mass is 10.2. The molecule has 0 unspecified atom stereocenters. The number of aryl methyl sites for hydroxylation is 3. The second-order valence-electron chi connectivity index (χ2n) is 6.41. The molecule has 0 aliphatic carbocycles. The van der Waals surface area contributed by atoms with E-state index in [0.717, 1.165) is 43.6 Å². The number of thiophene rings is 1. The molecule has 3 heterocycles. The lowest BCUT2D eigenvalue weighted by Gasteiger charge is -2.21. The number of rotatable bonds is 4. The van der Waals surface area contributed by atoms with Gasteiger partial charge >= 0.3 is 0 Å². The highest BCUT2D eigenvalue weighted by Crippen LogP contribution is 2.22. The SMILES string of the molecule is Cc1ccsc1CN1CCCN(Cc2c(C)nn(C)c2Cl)CC1. The fourth-order valence-electron chi connectivity index (χ4n) is 3.19. The molecule has 1 fully saturated rings. The Balaban J connectivity index is 1.59. The van der Waals surface area contributed by atoms with Gasteiger partial charge in [0.05, 0.1) is 5.69 Å². The van der Waals surface area contributed by atoms with Crippen molar-refractivity contribution in [2.75, 3.05) is 26.2 Å². The summed E-state index contributed by atoms with van der Waals surface area (Å²) < 4.78 is 1.77. The molecule has 1 aliphatic rings. The van der Waals surface area contributed by atoms with Gasteiger partial charge in [0.15, 0.2) is 0 Å². The number of nitrogens with zero attached hydrogens (tertiary/aromatic N) is 4. The Morgan fingerprint density at radius 3 is 2.39 bits per heavy atom. The fourth-order valence-corrected chi connectivity index (χ4v) is 4.37. The fraction of sp³-hybridized carbons (Fsp3) is 0.588. The summed E-state index contributed by atoms with van der Waals surface area (Å²) in [5, 5.41) is 7.40. The predicted molar refractivity (Wildman–Crippen MR) is 97.2 cm³/mol. The molecule has 0 aromatic carbocycles. The normalized spacial score (nSPS) is 17.6.